The molecule has 0 aromatic carbocycles. The van der Waals surface area contributed by atoms with Crippen molar-refractivity contribution in [2.24, 2.45) is 18.9 Å². The molecule has 7 heteroatoms. The van der Waals surface area contributed by atoms with Crippen molar-refractivity contribution in [2.45, 2.75) is 70.3 Å². The normalized spacial score (nSPS) is 28.8. The highest BCUT2D eigenvalue weighted by atomic mass is 28.4. The van der Waals surface area contributed by atoms with E-state index in [2.05, 4.69) is 54.1 Å². The summed E-state index contributed by atoms with van der Waals surface area (Å²) in [5, 5.41) is 3.95. The van der Waals surface area contributed by atoms with Gasteiger partial charge in [0.05, 0.1) is 6.33 Å². The minimum atomic E-state index is -1.69. The van der Waals surface area contributed by atoms with Crippen molar-refractivity contribution in [1.82, 2.24) is 19.5 Å². The lowest BCUT2D eigenvalue weighted by atomic mass is 9.93. The van der Waals surface area contributed by atoms with Crippen LogP contribution in [0.4, 0.5) is 5.82 Å². The van der Waals surface area contributed by atoms with Crippen LogP contribution in [0.3, 0.4) is 0 Å². The minimum absolute atomic E-state index is 0.276. The molecular weight excluding hydrogens is 342 g/mol. The third kappa shape index (κ3) is 2.95. The van der Waals surface area contributed by atoms with E-state index in [1.165, 1.54) is 19.3 Å². The second-order valence-corrected chi connectivity index (χ2v) is 14.4. The van der Waals surface area contributed by atoms with Crippen LogP contribution in [0.15, 0.2) is 12.7 Å². The van der Waals surface area contributed by atoms with Gasteiger partial charge in [0.25, 0.3) is 0 Å². The Morgan fingerprint density at radius 3 is 2.54 bits per heavy atom. The number of fused-ring (bicyclic) bond motifs is 3. The first-order valence-corrected chi connectivity index (χ1v) is 12.6. The predicted octanol–water partition coefficient (Wildman–Crippen LogP) is 3.96. The number of rotatable bonds is 4. The third-order valence-corrected chi connectivity index (χ3v) is 11.4. The molecule has 2 fully saturated rings. The molecule has 2 bridgehead atoms. The molecule has 142 valence electrons. The molecule has 0 unspecified atom stereocenters. The van der Waals surface area contributed by atoms with E-state index in [0.29, 0.717) is 24.0 Å². The monoisotopic (exact) mass is 373 g/mol. The van der Waals surface area contributed by atoms with Crippen molar-refractivity contribution in [3.8, 4) is 0 Å². The lowest BCUT2D eigenvalue weighted by Gasteiger charge is -2.41. The van der Waals surface area contributed by atoms with E-state index in [1.54, 1.807) is 12.7 Å². The largest absolute Gasteiger partial charge is 0.414 e. The molecule has 2 heterocycles. The second-order valence-electron chi connectivity index (χ2n) is 9.64. The molecular formula is C19H31N5OSi. The van der Waals surface area contributed by atoms with Crippen LogP contribution in [0.25, 0.3) is 11.2 Å². The predicted molar refractivity (Wildman–Crippen MR) is 107 cm³/mol. The smallest absolute Gasteiger partial charge is 0.192 e. The molecule has 0 aliphatic heterocycles. The van der Waals surface area contributed by atoms with E-state index in [4.69, 9.17) is 4.43 Å². The molecule has 26 heavy (non-hydrogen) atoms. The van der Waals surface area contributed by atoms with Crippen LogP contribution in [0.5, 0.6) is 0 Å². The molecule has 6 nitrogen and oxygen atoms in total. The van der Waals surface area contributed by atoms with Gasteiger partial charge in [0.15, 0.2) is 19.8 Å². The third-order valence-electron chi connectivity index (χ3n) is 6.86. The number of anilines is 1. The number of imidazole rings is 1. The second kappa shape index (κ2) is 6.02. The lowest BCUT2D eigenvalue weighted by Crippen LogP contribution is -2.46. The van der Waals surface area contributed by atoms with Crippen molar-refractivity contribution >= 4 is 25.3 Å². The maximum atomic E-state index is 6.74. The van der Waals surface area contributed by atoms with Gasteiger partial charge in [0.2, 0.25) is 0 Å². The molecule has 1 N–H and O–H groups in total. The lowest BCUT2D eigenvalue weighted by molar-refractivity contribution is 0.118. The summed E-state index contributed by atoms with van der Waals surface area (Å²) in [4.78, 5) is 13.3. The van der Waals surface area contributed by atoms with Crippen molar-refractivity contribution in [2.75, 3.05) is 5.32 Å². The first kappa shape index (κ1) is 17.9. The van der Waals surface area contributed by atoms with Crippen LogP contribution >= 0.6 is 0 Å². The number of aromatic nitrogens is 4. The standard InChI is InChI=1S/C19H31N5OSi/c1-19(2,3)26(5,6)25-15-9-12-7-13(15)8-14(12)23-17-16-18(21-10-20-17)24(4)11-22-16/h10-15H,7-9H2,1-6H3,(H,20,21,23)/t12-,13-,14-,15-/m0/s1. The Morgan fingerprint density at radius 2 is 1.88 bits per heavy atom. The van der Waals surface area contributed by atoms with Crippen LogP contribution in [0.1, 0.15) is 40.0 Å². The number of nitrogens with one attached hydrogen (secondary N) is 1. The summed E-state index contributed by atoms with van der Waals surface area (Å²) >= 11 is 0. The number of aryl methyl sites for hydroxylation is 1. The fraction of sp³-hybridized carbons (Fsp3) is 0.737. The molecule has 0 saturated heterocycles. The zero-order chi connectivity index (χ0) is 18.7. The highest BCUT2D eigenvalue weighted by molar-refractivity contribution is 6.74. The summed E-state index contributed by atoms with van der Waals surface area (Å²) in [6.07, 6.45) is 7.48. The number of nitrogens with zero attached hydrogens (tertiary/aromatic N) is 4. The average molecular weight is 374 g/mol. The topological polar surface area (TPSA) is 64.9 Å². The number of hydrogen-bond donors (Lipinski definition) is 1. The van der Waals surface area contributed by atoms with Gasteiger partial charge in [-0.2, -0.15) is 0 Å². The molecule has 0 spiro atoms. The van der Waals surface area contributed by atoms with E-state index in [-0.39, 0.29) is 5.04 Å². The Balaban J connectivity index is 1.44. The van der Waals surface area contributed by atoms with Crippen LogP contribution in [0, 0.1) is 11.8 Å². The first-order valence-electron chi connectivity index (χ1n) is 9.72. The van der Waals surface area contributed by atoms with Gasteiger partial charge in [0, 0.05) is 19.2 Å². The van der Waals surface area contributed by atoms with Crippen LogP contribution in [0.2, 0.25) is 18.1 Å². The van der Waals surface area contributed by atoms with Crippen LogP contribution < -0.4 is 5.32 Å². The van der Waals surface area contributed by atoms with E-state index in [9.17, 15) is 0 Å². The summed E-state index contributed by atoms with van der Waals surface area (Å²) in [7, 11) is 0.274. The average Bonchev–Trinajstić information content (AvgIpc) is 3.21. The maximum Gasteiger partial charge on any atom is 0.192 e. The molecule has 4 rings (SSSR count). The van der Waals surface area contributed by atoms with E-state index < -0.39 is 8.32 Å². The van der Waals surface area contributed by atoms with Crippen molar-refractivity contribution in [3.05, 3.63) is 12.7 Å². The van der Waals surface area contributed by atoms with Gasteiger partial charge < -0.3 is 14.3 Å². The maximum absolute atomic E-state index is 6.74. The highest BCUT2D eigenvalue weighted by Crippen LogP contribution is 2.50. The Labute approximate surface area is 156 Å². The Kier molecular flexibility index (Phi) is 4.15. The summed E-state index contributed by atoms with van der Waals surface area (Å²) in [5.74, 6) is 2.21. The minimum Gasteiger partial charge on any atom is -0.414 e. The number of hydrogen-bond acceptors (Lipinski definition) is 5. The summed E-state index contributed by atoms with van der Waals surface area (Å²) in [6, 6.07) is 0.472. The van der Waals surface area contributed by atoms with Gasteiger partial charge in [-0.3, -0.25) is 0 Å². The van der Waals surface area contributed by atoms with Crippen LogP contribution in [-0.2, 0) is 11.5 Å². The first-order chi connectivity index (χ1) is 12.2. The molecule has 0 radical (unpaired) electrons. The highest BCUT2D eigenvalue weighted by Gasteiger charge is 2.50. The fourth-order valence-electron chi connectivity index (χ4n) is 4.33. The van der Waals surface area contributed by atoms with Gasteiger partial charge in [-0.05, 0) is 49.2 Å². The molecule has 2 aliphatic rings. The van der Waals surface area contributed by atoms with Crippen molar-refractivity contribution in [1.29, 1.82) is 0 Å². The zero-order valence-corrected chi connectivity index (χ0v) is 17.8. The van der Waals surface area contributed by atoms with E-state index >= 15 is 0 Å². The molecule has 4 atom stereocenters. The molecule has 2 aromatic heterocycles. The van der Waals surface area contributed by atoms with Crippen molar-refractivity contribution in [3.63, 3.8) is 0 Å². The summed E-state index contributed by atoms with van der Waals surface area (Å²) in [6.45, 7) is 11.7. The molecule has 2 saturated carbocycles. The van der Waals surface area contributed by atoms with Gasteiger partial charge in [-0.15, -0.1) is 0 Å². The van der Waals surface area contributed by atoms with Gasteiger partial charge in [-0.1, -0.05) is 20.8 Å². The van der Waals surface area contributed by atoms with E-state index in [0.717, 1.165) is 17.0 Å². The van der Waals surface area contributed by atoms with E-state index in [1.807, 2.05) is 11.6 Å². The zero-order valence-electron chi connectivity index (χ0n) is 16.8. The summed E-state index contributed by atoms with van der Waals surface area (Å²) in [5.41, 5.74) is 1.75. The van der Waals surface area contributed by atoms with Gasteiger partial charge >= 0.3 is 0 Å². The van der Waals surface area contributed by atoms with Crippen LogP contribution in [-0.4, -0.2) is 40.0 Å². The quantitative estimate of drug-likeness (QED) is 0.822. The molecule has 2 aromatic rings. The van der Waals surface area contributed by atoms with Gasteiger partial charge in [0.1, 0.15) is 11.8 Å². The Bertz CT molecular complexity index is 812. The molecule has 0 amide bonds. The summed E-state index contributed by atoms with van der Waals surface area (Å²) < 4.78 is 8.68. The Morgan fingerprint density at radius 1 is 1.12 bits per heavy atom. The van der Waals surface area contributed by atoms with Crippen molar-refractivity contribution < 1.29 is 4.43 Å². The van der Waals surface area contributed by atoms with Gasteiger partial charge in [-0.25, -0.2) is 15.0 Å². The molecule has 2 aliphatic carbocycles. The fourth-order valence-corrected chi connectivity index (χ4v) is 5.73. The Hall–Kier alpha value is -1.47. The SMILES string of the molecule is Cn1cnc2c(N[C@H]3C[C@@H]4C[C@H]3C[C@@H]4O[Si](C)(C)C(C)(C)C)ncnc21.